The highest BCUT2D eigenvalue weighted by atomic mass is 16.5. The average Bonchev–Trinajstić information content (AvgIpc) is 3.23. The van der Waals surface area contributed by atoms with Crippen LogP contribution in [0.5, 0.6) is 5.88 Å². The standard InChI is InChI=1S/C19H17N9O4/c1-27(2)12-8-21-14(17(29)23-11-7-20-9-22-18(11)32-3)24-13(12)16-26-25-15-10(19(30)31)5-4-6-28(15)16/h4-9H,1-3H3,(H,23,29)(H,30,31). The van der Waals surface area contributed by atoms with E-state index in [2.05, 4.69) is 35.5 Å². The SMILES string of the molecule is COc1ncncc1NC(=O)c1ncc(N(C)C)c(-c2nnc3c(C(=O)O)cccn23)n1. The number of amides is 1. The lowest BCUT2D eigenvalue weighted by atomic mass is 10.2. The molecular weight excluding hydrogens is 418 g/mol. The van der Waals surface area contributed by atoms with Crippen LogP contribution in [0.25, 0.3) is 17.2 Å². The van der Waals surface area contributed by atoms with Gasteiger partial charge in [0.25, 0.3) is 5.91 Å². The van der Waals surface area contributed by atoms with Crippen LogP contribution in [0.1, 0.15) is 21.0 Å². The summed E-state index contributed by atoms with van der Waals surface area (Å²) in [4.78, 5) is 42.4. The molecule has 13 nitrogen and oxygen atoms in total. The lowest BCUT2D eigenvalue weighted by Gasteiger charge is -2.16. The number of pyridine rings is 1. The van der Waals surface area contributed by atoms with Crippen molar-refractivity contribution >= 4 is 28.9 Å². The third-order valence-electron chi connectivity index (χ3n) is 4.45. The number of ether oxygens (including phenoxy) is 1. The number of hydrogen-bond acceptors (Lipinski definition) is 10. The summed E-state index contributed by atoms with van der Waals surface area (Å²) in [5.41, 5.74) is 1.23. The van der Waals surface area contributed by atoms with Crippen LogP contribution in [0.2, 0.25) is 0 Å². The zero-order valence-corrected chi connectivity index (χ0v) is 17.2. The highest BCUT2D eigenvalue weighted by Gasteiger charge is 2.22. The number of aromatic nitrogens is 7. The van der Waals surface area contributed by atoms with Gasteiger partial charge in [0.1, 0.15) is 23.3 Å². The molecule has 0 saturated heterocycles. The smallest absolute Gasteiger partial charge is 0.339 e. The Morgan fingerprint density at radius 3 is 2.72 bits per heavy atom. The maximum absolute atomic E-state index is 12.8. The first-order valence-corrected chi connectivity index (χ1v) is 9.17. The minimum Gasteiger partial charge on any atom is -0.479 e. The van der Waals surface area contributed by atoms with Gasteiger partial charge in [-0.25, -0.2) is 19.7 Å². The van der Waals surface area contributed by atoms with Gasteiger partial charge in [0, 0.05) is 20.3 Å². The van der Waals surface area contributed by atoms with Crippen molar-refractivity contribution in [2.24, 2.45) is 0 Å². The van der Waals surface area contributed by atoms with E-state index in [1.165, 1.54) is 36.3 Å². The Labute approximate surface area is 180 Å². The van der Waals surface area contributed by atoms with Gasteiger partial charge in [-0.15, -0.1) is 10.2 Å². The third-order valence-corrected chi connectivity index (χ3v) is 4.45. The van der Waals surface area contributed by atoms with Crippen LogP contribution in [-0.2, 0) is 0 Å². The maximum Gasteiger partial charge on any atom is 0.339 e. The summed E-state index contributed by atoms with van der Waals surface area (Å²) in [6, 6.07) is 2.99. The van der Waals surface area contributed by atoms with Crippen LogP contribution in [0.15, 0.2) is 37.1 Å². The molecule has 4 aromatic heterocycles. The summed E-state index contributed by atoms with van der Waals surface area (Å²) < 4.78 is 6.61. The molecule has 0 aliphatic heterocycles. The van der Waals surface area contributed by atoms with Gasteiger partial charge in [-0.1, -0.05) is 0 Å². The zero-order valence-electron chi connectivity index (χ0n) is 17.2. The van der Waals surface area contributed by atoms with Gasteiger partial charge in [0.05, 0.1) is 25.2 Å². The Morgan fingerprint density at radius 1 is 1.19 bits per heavy atom. The van der Waals surface area contributed by atoms with E-state index in [0.717, 1.165) is 0 Å². The minimum absolute atomic E-state index is 0.0131. The van der Waals surface area contributed by atoms with E-state index in [1.54, 1.807) is 31.3 Å². The summed E-state index contributed by atoms with van der Waals surface area (Å²) in [6.45, 7) is 0. The van der Waals surface area contributed by atoms with Gasteiger partial charge in [0.2, 0.25) is 11.7 Å². The molecule has 0 aliphatic carbocycles. The van der Waals surface area contributed by atoms with Crippen molar-refractivity contribution in [3.8, 4) is 17.4 Å². The fraction of sp³-hybridized carbons (Fsp3) is 0.158. The number of anilines is 2. The number of nitrogens with one attached hydrogen (secondary N) is 1. The Bertz CT molecular complexity index is 1340. The van der Waals surface area contributed by atoms with Crippen LogP contribution < -0.4 is 15.0 Å². The first kappa shape index (κ1) is 20.6. The second-order valence-electron chi connectivity index (χ2n) is 6.67. The van der Waals surface area contributed by atoms with Gasteiger partial charge >= 0.3 is 5.97 Å². The predicted octanol–water partition coefficient (Wildman–Crippen LogP) is 1.00. The monoisotopic (exact) mass is 435 g/mol. The number of nitrogens with zero attached hydrogens (tertiary/aromatic N) is 8. The normalized spacial score (nSPS) is 10.7. The van der Waals surface area contributed by atoms with Gasteiger partial charge in [-0.2, -0.15) is 4.98 Å². The molecule has 0 bridgehead atoms. The predicted molar refractivity (Wildman–Crippen MR) is 112 cm³/mol. The van der Waals surface area contributed by atoms with Gasteiger partial charge in [-0.3, -0.25) is 9.20 Å². The quantitative estimate of drug-likeness (QED) is 0.444. The van der Waals surface area contributed by atoms with E-state index in [1.807, 2.05) is 0 Å². The highest BCUT2D eigenvalue weighted by molar-refractivity contribution is 6.02. The molecule has 4 rings (SSSR count). The van der Waals surface area contributed by atoms with E-state index in [-0.39, 0.29) is 34.4 Å². The number of rotatable bonds is 6. The first-order valence-electron chi connectivity index (χ1n) is 9.17. The second kappa shape index (κ2) is 8.22. The molecule has 0 radical (unpaired) electrons. The molecule has 4 heterocycles. The topological polar surface area (TPSA) is 161 Å². The Hall–Kier alpha value is -4.68. The van der Waals surface area contributed by atoms with Crippen molar-refractivity contribution in [3.05, 3.63) is 48.4 Å². The largest absolute Gasteiger partial charge is 0.479 e. The van der Waals surface area contributed by atoms with Crippen LogP contribution in [-0.4, -0.2) is 72.7 Å². The van der Waals surface area contributed by atoms with Crippen LogP contribution in [0, 0.1) is 0 Å². The first-order chi connectivity index (χ1) is 15.4. The van der Waals surface area contributed by atoms with E-state index in [9.17, 15) is 14.7 Å². The molecular formula is C19H17N9O4. The van der Waals surface area contributed by atoms with Crippen molar-refractivity contribution in [2.75, 3.05) is 31.4 Å². The molecule has 4 aromatic rings. The van der Waals surface area contributed by atoms with E-state index >= 15 is 0 Å². The van der Waals surface area contributed by atoms with Gasteiger partial charge < -0.3 is 20.1 Å². The molecule has 0 saturated carbocycles. The van der Waals surface area contributed by atoms with Crippen molar-refractivity contribution in [1.82, 2.24) is 34.5 Å². The summed E-state index contributed by atoms with van der Waals surface area (Å²) in [6.07, 6.45) is 5.76. The Morgan fingerprint density at radius 2 is 2.00 bits per heavy atom. The van der Waals surface area contributed by atoms with Crippen LogP contribution >= 0.6 is 0 Å². The summed E-state index contributed by atoms with van der Waals surface area (Å²) in [7, 11) is 4.97. The molecule has 162 valence electrons. The lowest BCUT2D eigenvalue weighted by molar-refractivity contribution is 0.0698. The molecule has 0 fully saturated rings. The molecule has 13 heteroatoms. The molecule has 0 unspecified atom stereocenters. The van der Waals surface area contributed by atoms with Crippen molar-refractivity contribution < 1.29 is 19.4 Å². The fourth-order valence-electron chi connectivity index (χ4n) is 2.97. The van der Waals surface area contributed by atoms with Crippen molar-refractivity contribution in [1.29, 1.82) is 0 Å². The second-order valence-corrected chi connectivity index (χ2v) is 6.67. The van der Waals surface area contributed by atoms with Crippen molar-refractivity contribution in [2.45, 2.75) is 0 Å². The number of carboxylic acids is 1. The fourth-order valence-corrected chi connectivity index (χ4v) is 2.97. The van der Waals surface area contributed by atoms with E-state index in [4.69, 9.17) is 4.74 Å². The molecule has 2 N–H and O–H groups in total. The molecule has 1 amide bonds. The number of carbonyl (C=O) groups excluding carboxylic acids is 1. The van der Waals surface area contributed by atoms with Gasteiger partial charge in [-0.05, 0) is 12.1 Å². The molecule has 0 aliphatic rings. The van der Waals surface area contributed by atoms with Crippen molar-refractivity contribution in [3.63, 3.8) is 0 Å². The number of aromatic carboxylic acids is 1. The number of methoxy groups -OCH3 is 1. The molecule has 0 spiro atoms. The number of carbonyl (C=O) groups is 2. The Kier molecular flexibility index (Phi) is 5.29. The number of carboxylic acid groups (broad SMARTS) is 1. The Balaban J connectivity index is 1.80. The molecule has 0 atom stereocenters. The highest BCUT2D eigenvalue weighted by Crippen LogP contribution is 2.27. The zero-order chi connectivity index (χ0) is 22.8. The minimum atomic E-state index is -1.14. The molecule has 0 aromatic carbocycles. The maximum atomic E-state index is 12.8. The number of fused-ring (bicyclic) bond motifs is 1. The molecule has 32 heavy (non-hydrogen) atoms. The average molecular weight is 435 g/mol. The summed E-state index contributed by atoms with van der Waals surface area (Å²) in [5, 5.41) is 20.2. The van der Waals surface area contributed by atoms with Crippen LogP contribution in [0.3, 0.4) is 0 Å². The third kappa shape index (κ3) is 3.62. The van der Waals surface area contributed by atoms with Gasteiger partial charge in [0.15, 0.2) is 11.5 Å². The van der Waals surface area contributed by atoms with Crippen LogP contribution in [0.4, 0.5) is 11.4 Å². The van der Waals surface area contributed by atoms with E-state index in [0.29, 0.717) is 11.4 Å². The lowest BCUT2D eigenvalue weighted by Crippen LogP contribution is -2.19. The van der Waals surface area contributed by atoms with E-state index < -0.39 is 11.9 Å². The summed E-state index contributed by atoms with van der Waals surface area (Å²) >= 11 is 0. The summed E-state index contributed by atoms with van der Waals surface area (Å²) in [5.74, 6) is -1.47. The number of hydrogen-bond donors (Lipinski definition) is 2.